The highest BCUT2D eigenvalue weighted by atomic mass is 16.5. The van der Waals surface area contributed by atoms with Gasteiger partial charge in [0.1, 0.15) is 12.4 Å². The molecule has 7 heteroatoms. The molecular formula is C18H18N4O3. The Morgan fingerprint density at radius 3 is 2.68 bits per heavy atom. The van der Waals surface area contributed by atoms with E-state index in [-0.39, 0.29) is 6.54 Å². The van der Waals surface area contributed by atoms with Gasteiger partial charge in [-0.3, -0.25) is 14.6 Å². The predicted molar refractivity (Wildman–Crippen MR) is 94.0 cm³/mol. The number of rotatable bonds is 7. The Labute approximate surface area is 145 Å². The molecule has 0 unspecified atom stereocenters. The van der Waals surface area contributed by atoms with Crippen LogP contribution < -0.4 is 15.5 Å². The molecule has 2 N–H and O–H groups in total. The zero-order chi connectivity index (χ0) is 17.9. The average molecular weight is 338 g/mol. The molecule has 2 aromatic rings. The first-order chi connectivity index (χ1) is 12.2. The van der Waals surface area contributed by atoms with Gasteiger partial charge in [-0.2, -0.15) is 5.10 Å². The Hall–Kier alpha value is -3.48. The molecular weight excluding hydrogens is 320 g/mol. The van der Waals surface area contributed by atoms with Crippen molar-refractivity contribution in [2.45, 2.75) is 6.54 Å². The van der Waals surface area contributed by atoms with E-state index in [1.165, 1.54) is 6.21 Å². The molecule has 1 aromatic heterocycles. The van der Waals surface area contributed by atoms with Crippen LogP contribution in [0, 0.1) is 0 Å². The van der Waals surface area contributed by atoms with Crippen LogP contribution in [0.25, 0.3) is 0 Å². The summed E-state index contributed by atoms with van der Waals surface area (Å²) in [5.41, 5.74) is 3.72. The molecule has 0 atom stereocenters. The van der Waals surface area contributed by atoms with E-state index in [4.69, 9.17) is 4.74 Å². The number of ether oxygens (including phenoxy) is 1. The lowest BCUT2D eigenvalue weighted by atomic mass is 10.2. The van der Waals surface area contributed by atoms with Crippen LogP contribution >= 0.6 is 0 Å². The smallest absolute Gasteiger partial charge is 0.329 e. The molecule has 0 aliphatic heterocycles. The number of nitrogens with zero attached hydrogens (tertiary/aromatic N) is 2. The third-order valence-electron chi connectivity index (χ3n) is 3.01. The minimum Gasteiger partial charge on any atom is -0.490 e. The molecule has 7 nitrogen and oxygen atoms in total. The van der Waals surface area contributed by atoms with Crippen LogP contribution in [0.2, 0.25) is 0 Å². The number of hydrogen-bond donors (Lipinski definition) is 2. The Morgan fingerprint density at radius 2 is 2.00 bits per heavy atom. The Bertz CT molecular complexity index is 743. The van der Waals surface area contributed by atoms with Gasteiger partial charge in [-0.1, -0.05) is 18.7 Å². The molecule has 0 radical (unpaired) electrons. The zero-order valence-corrected chi connectivity index (χ0v) is 13.5. The highest BCUT2D eigenvalue weighted by molar-refractivity contribution is 6.35. The highest BCUT2D eigenvalue weighted by Crippen LogP contribution is 2.10. The molecule has 0 aliphatic carbocycles. The van der Waals surface area contributed by atoms with Gasteiger partial charge < -0.3 is 10.1 Å². The van der Waals surface area contributed by atoms with E-state index >= 15 is 0 Å². The molecule has 0 saturated heterocycles. The molecule has 0 bridgehead atoms. The summed E-state index contributed by atoms with van der Waals surface area (Å²) in [6.07, 6.45) is 6.33. The van der Waals surface area contributed by atoms with Gasteiger partial charge in [0.05, 0.1) is 6.21 Å². The van der Waals surface area contributed by atoms with Crippen molar-refractivity contribution in [3.05, 3.63) is 72.6 Å². The quantitative estimate of drug-likeness (QED) is 0.345. The van der Waals surface area contributed by atoms with Crippen molar-refractivity contribution in [1.29, 1.82) is 0 Å². The summed E-state index contributed by atoms with van der Waals surface area (Å²) < 4.78 is 5.36. The lowest BCUT2D eigenvalue weighted by Crippen LogP contribution is -2.37. The first-order valence-corrected chi connectivity index (χ1v) is 7.53. The van der Waals surface area contributed by atoms with Crippen LogP contribution in [0.5, 0.6) is 5.75 Å². The van der Waals surface area contributed by atoms with Gasteiger partial charge in [-0.15, -0.1) is 0 Å². The number of carbonyl (C=O) groups is 2. The van der Waals surface area contributed by atoms with Gasteiger partial charge in [0.15, 0.2) is 0 Å². The van der Waals surface area contributed by atoms with Crippen LogP contribution in [0.3, 0.4) is 0 Å². The molecule has 2 amide bonds. The van der Waals surface area contributed by atoms with Gasteiger partial charge in [-0.25, -0.2) is 5.43 Å². The maximum Gasteiger partial charge on any atom is 0.329 e. The number of carbonyl (C=O) groups excluding carboxylic acids is 2. The number of benzene rings is 1. The molecule has 128 valence electrons. The fraction of sp³-hybridized carbons (Fsp3) is 0.111. The van der Waals surface area contributed by atoms with E-state index in [9.17, 15) is 9.59 Å². The normalized spacial score (nSPS) is 10.2. The maximum atomic E-state index is 11.7. The molecule has 0 aliphatic rings. The summed E-state index contributed by atoms with van der Waals surface area (Å²) in [6.45, 7) is 4.22. The largest absolute Gasteiger partial charge is 0.490 e. The van der Waals surface area contributed by atoms with Crippen LogP contribution in [-0.2, 0) is 16.1 Å². The van der Waals surface area contributed by atoms with Gasteiger partial charge in [0, 0.05) is 18.9 Å². The zero-order valence-electron chi connectivity index (χ0n) is 13.5. The first kappa shape index (κ1) is 17.9. The third kappa shape index (κ3) is 6.26. The summed E-state index contributed by atoms with van der Waals surface area (Å²) >= 11 is 0. The fourth-order valence-electron chi connectivity index (χ4n) is 1.79. The Balaban J connectivity index is 1.77. The number of hydrogen-bond acceptors (Lipinski definition) is 5. The fourth-order valence-corrected chi connectivity index (χ4v) is 1.79. The Kier molecular flexibility index (Phi) is 6.87. The van der Waals surface area contributed by atoms with E-state index in [1.807, 2.05) is 0 Å². The highest BCUT2D eigenvalue weighted by Gasteiger charge is 2.11. The van der Waals surface area contributed by atoms with E-state index in [2.05, 4.69) is 27.4 Å². The van der Waals surface area contributed by atoms with Crippen LogP contribution in [0.15, 0.2) is 66.5 Å². The van der Waals surface area contributed by atoms with E-state index < -0.39 is 11.8 Å². The maximum absolute atomic E-state index is 11.7. The number of aromatic nitrogens is 1. The number of pyridine rings is 1. The number of nitrogens with one attached hydrogen (secondary N) is 2. The first-order valence-electron chi connectivity index (χ1n) is 7.53. The predicted octanol–water partition coefficient (Wildman–Crippen LogP) is 1.41. The minimum atomic E-state index is -0.842. The molecule has 1 heterocycles. The second kappa shape index (κ2) is 9.61. The number of hydrazone groups is 1. The van der Waals surface area contributed by atoms with E-state index in [0.29, 0.717) is 12.4 Å². The summed E-state index contributed by atoms with van der Waals surface area (Å²) in [4.78, 5) is 27.2. The van der Waals surface area contributed by atoms with Gasteiger partial charge in [-0.05, 0) is 41.5 Å². The van der Waals surface area contributed by atoms with Crippen molar-refractivity contribution in [3.63, 3.8) is 0 Å². The van der Waals surface area contributed by atoms with Crippen molar-refractivity contribution in [1.82, 2.24) is 15.7 Å². The number of amides is 2. The SMILES string of the molecule is C=CCOc1ccc(/C=N\NC(=O)C(=O)NCc2cccnc2)cc1. The third-order valence-corrected chi connectivity index (χ3v) is 3.01. The van der Waals surface area contributed by atoms with Crippen molar-refractivity contribution < 1.29 is 14.3 Å². The molecule has 1 aromatic carbocycles. The van der Waals surface area contributed by atoms with E-state index in [0.717, 1.165) is 11.1 Å². The van der Waals surface area contributed by atoms with Crippen LogP contribution in [-0.4, -0.2) is 29.6 Å². The topological polar surface area (TPSA) is 92.7 Å². The summed E-state index contributed by atoms with van der Waals surface area (Å²) in [7, 11) is 0. The van der Waals surface area contributed by atoms with Crippen molar-refractivity contribution in [3.8, 4) is 5.75 Å². The molecule has 2 rings (SSSR count). The van der Waals surface area contributed by atoms with Crippen molar-refractivity contribution >= 4 is 18.0 Å². The second-order valence-corrected chi connectivity index (χ2v) is 4.91. The van der Waals surface area contributed by atoms with Gasteiger partial charge in [0.25, 0.3) is 0 Å². The minimum absolute atomic E-state index is 0.218. The molecule has 0 saturated carbocycles. The summed E-state index contributed by atoms with van der Waals surface area (Å²) in [5, 5.41) is 6.24. The van der Waals surface area contributed by atoms with Crippen LogP contribution in [0.4, 0.5) is 0 Å². The molecule has 25 heavy (non-hydrogen) atoms. The van der Waals surface area contributed by atoms with Crippen LogP contribution in [0.1, 0.15) is 11.1 Å². The monoisotopic (exact) mass is 338 g/mol. The second-order valence-electron chi connectivity index (χ2n) is 4.91. The summed E-state index contributed by atoms with van der Waals surface area (Å²) in [5.74, 6) is -0.906. The Morgan fingerprint density at radius 1 is 1.20 bits per heavy atom. The lowest BCUT2D eigenvalue weighted by Gasteiger charge is -2.04. The standard InChI is InChI=1S/C18H18N4O3/c1-2-10-25-16-7-5-14(6-8-16)13-21-22-18(24)17(23)20-12-15-4-3-9-19-11-15/h2-9,11,13H,1,10,12H2,(H,20,23)(H,22,24)/b21-13-. The lowest BCUT2D eigenvalue weighted by molar-refractivity contribution is -0.139. The van der Waals surface area contributed by atoms with Crippen molar-refractivity contribution in [2.75, 3.05) is 6.61 Å². The van der Waals surface area contributed by atoms with Gasteiger partial charge >= 0.3 is 11.8 Å². The molecule has 0 spiro atoms. The summed E-state index contributed by atoms with van der Waals surface area (Å²) in [6, 6.07) is 10.6. The van der Waals surface area contributed by atoms with E-state index in [1.54, 1.807) is 54.9 Å². The molecule has 0 fully saturated rings. The van der Waals surface area contributed by atoms with Gasteiger partial charge in [0.2, 0.25) is 0 Å². The van der Waals surface area contributed by atoms with Crippen molar-refractivity contribution in [2.24, 2.45) is 5.10 Å². The average Bonchev–Trinajstić information content (AvgIpc) is 2.66.